The summed E-state index contributed by atoms with van der Waals surface area (Å²) < 4.78 is 0. The summed E-state index contributed by atoms with van der Waals surface area (Å²) in [5.74, 6) is 0. The third-order valence-corrected chi connectivity index (χ3v) is 3.20. The van der Waals surface area contributed by atoms with Crippen molar-refractivity contribution >= 4 is 17.3 Å². The second-order valence-corrected chi connectivity index (χ2v) is 3.96. The molecule has 0 saturated carbocycles. The molecule has 1 aromatic carbocycles. The zero-order valence-corrected chi connectivity index (χ0v) is 8.07. The summed E-state index contributed by atoms with van der Waals surface area (Å²) >= 11 is 0. The Morgan fingerprint density at radius 3 is 3.20 bits per heavy atom. The third kappa shape index (κ3) is 0.757. The molecule has 2 nitrogen and oxygen atoms in total. The molecule has 0 bridgehead atoms. The lowest BCUT2D eigenvalue weighted by Gasteiger charge is -2.06. The highest BCUT2D eigenvalue weighted by atomic mass is 15.1. The molecule has 1 aromatic rings. The lowest BCUT2D eigenvalue weighted by molar-refractivity contribution is 1.28. The standard InChI is InChI=1S/C13H8N2/c1-3-8-4-2-6-10-12(8)9(5-1)11-7-14-15-13(10)11/h1-4,6-7H,5H2. The molecule has 0 radical (unpaired) electrons. The summed E-state index contributed by atoms with van der Waals surface area (Å²) in [5.41, 5.74) is 4.99. The number of allylic oxidation sites excluding steroid dienone is 1. The maximum Gasteiger partial charge on any atom is 0.103 e. The van der Waals surface area contributed by atoms with Gasteiger partial charge in [-0.2, -0.15) is 5.11 Å². The highest BCUT2D eigenvalue weighted by Crippen LogP contribution is 2.32. The maximum absolute atomic E-state index is 4.21. The zero-order chi connectivity index (χ0) is 9.83. The first kappa shape index (κ1) is 7.35. The Kier molecular flexibility index (Phi) is 1.15. The van der Waals surface area contributed by atoms with Gasteiger partial charge in [0.1, 0.15) is 5.70 Å². The van der Waals surface area contributed by atoms with Crippen LogP contribution in [0.4, 0.5) is 0 Å². The molecular formula is C13H8N2. The van der Waals surface area contributed by atoms with Gasteiger partial charge in [0, 0.05) is 10.8 Å². The molecule has 0 N–H and O–H groups in total. The highest BCUT2D eigenvalue weighted by molar-refractivity contribution is 5.92. The van der Waals surface area contributed by atoms with Crippen molar-refractivity contribution in [3.05, 3.63) is 52.0 Å². The van der Waals surface area contributed by atoms with Gasteiger partial charge in [-0.15, -0.1) is 5.11 Å². The summed E-state index contributed by atoms with van der Waals surface area (Å²) in [6.07, 6.45) is 7.29. The number of azo groups is 1. The van der Waals surface area contributed by atoms with Crippen LogP contribution in [0.1, 0.15) is 12.0 Å². The van der Waals surface area contributed by atoms with E-state index in [9.17, 15) is 0 Å². The lowest BCUT2D eigenvalue weighted by Crippen LogP contribution is -2.27. The van der Waals surface area contributed by atoms with Crippen molar-refractivity contribution in [1.82, 2.24) is 0 Å². The van der Waals surface area contributed by atoms with Gasteiger partial charge in [-0.25, -0.2) is 0 Å². The molecule has 70 valence electrons. The fourth-order valence-electron chi connectivity index (χ4n) is 2.57. The van der Waals surface area contributed by atoms with E-state index in [-0.39, 0.29) is 0 Å². The van der Waals surface area contributed by atoms with E-state index in [2.05, 4.69) is 40.6 Å². The van der Waals surface area contributed by atoms with Gasteiger partial charge in [0.05, 0.1) is 6.20 Å². The zero-order valence-electron chi connectivity index (χ0n) is 8.07. The second-order valence-electron chi connectivity index (χ2n) is 3.96. The van der Waals surface area contributed by atoms with Gasteiger partial charge in [0.25, 0.3) is 0 Å². The Bertz CT molecular complexity index is 688. The van der Waals surface area contributed by atoms with Crippen LogP contribution in [0.15, 0.2) is 46.3 Å². The Balaban J connectivity index is 2.34. The van der Waals surface area contributed by atoms with E-state index < -0.39 is 0 Å². The average Bonchev–Trinajstić information content (AvgIpc) is 2.84. The minimum absolute atomic E-state index is 1.00. The van der Waals surface area contributed by atoms with Crippen LogP contribution in [0, 0.1) is 0 Å². The number of fused-ring (bicyclic) bond motifs is 2. The second kappa shape index (κ2) is 2.34. The summed E-state index contributed by atoms with van der Waals surface area (Å²) in [6.45, 7) is 0. The minimum atomic E-state index is 1.00. The minimum Gasteiger partial charge on any atom is -0.158 e. The summed E-state index contributed by atoms with van der Waals surface area (Å²) in [4.78, 5) is 0. The van der Waals surface area contributed by atoms with Crippen molar-refractivity contribution in [2.24, 2.45) is 10.2 Å². The summed E-state index contributed by atoms with van der Waals surface area (Å²) in [5, 5.41) is 10.8. The largest absolute Gasteiger partial charge is 0.158 e. The van der Waals surface area contributed by atoms with Gasteiger partial charge in [-0.1, -0.05) is 30.4 Å². The van der Waals surface area contributed by atoms with Crippen LogP contribution in [0.5, 0.6) is 0 Å². The van der Waals surface area contributed by atoms with Crippen LogP contribution < -0.4 is 10.4 Å². The van der Waals surface area contributed by atoms with Crippen molar-refractivity contribution in [2.75, 3.05) is 0 Å². The molecule has 2 aliphatic carbocycles. The first-order valence-electron chi connectivity index (χ1n) is 5.10. The van der Waals surface area contributed by atoms with Gasteiger partial charge in [0.2, 0.25) is 0 Å². The fourth-order valence-corrected chi connectivity index (χ4v) is 2.57. The van der Waals surface area contributed by atoms with E-state index in [1.165, 1.54) is 27.1 Å². The third-order valence-electron chi connectivity index (χ3n) is 3.20. The molecule has 0 atom stereocenters. The Labute approximate surface area is 86.7 Å². The van der Waals surface area contributed by atoms with E-state index in [4.69, 9.17) is 0 Å². The quantitative estimate of drug-likeness (QED) is 0.598. The molecule has 0 fully saturated rings. The molecule has 4 rings (SSSR count). The topological polar surface area (TPSA) is 24.7 Å². The molecule has 1 aliphatic heterocycles. The first-order chi connectivity index (χ1) is 7.45. The van der Waals surface area contributed by atoms with Crippen molar-refractivity contribution < 1.29 is 0 Å². The van der Waals surface area contributed by atoms with Gasteiger partial charge >= 0.3 is 0 Å². The number of hydrogen-bond donors (Lipinski definition) is 0. The van der Waals surface area contributed by atoms with Crippen LogP contribution in [0.25, 0.3) is 17.3 Å². The van der Waals surface area contributed by atoms with Gasteiger partial charge < -0.3 is 0 Å². The molecule has 15 heavy (non-hydrogen) atoms. The number of hydrogen-bond acceptors (Lipinski definition) is 2. The van der Waals surface area contributed by atoms with Crippen molar-refractivity contribution in [1.29, 1.82) is 0 Å². The lowest BCUT2D eigenvalue weighted by atomic mass is 9.97. The van der Waals surface area contributed by atoms with E-state index in [0.29, 0.717) is 0 Å². The van der Waals surface area contributed by atoms with Gasteiger partial charge in [0.15, 0.2) is 0 Å². The molecule has 0 amide bonds. The van der Waals surface area contributed by atoms with Crippen LogP contribution in [-0.2, 0) is 0 Å². The predicted octanol–water partition coefficient (Wildman–Crippen LogP) is 1.73. The van der Waals surface area contributed by atoms with Crippen molar-refractivity contribution in [3.8, 4) is 0 Å². The Morgan fingerprint density at radius 1 is 1.20 bits per heavy atom. The first-order valence-corrected chi connectivity index (χ1v) is 5.10. The predicted molar refractivity (Wildman–Crippen MR) is 59.1 cm³/mol. The molecule has 2 heteroatoms. The van der Waals surface area contributed by atoms with Crippen LogP contribution in [0.2, 0.25) is 0 Å². The van der Waals surface area contributed by atoms with E-state index in [0.717, 1.165) is 12.1 Å². The molecular weight excluding hydrogens is 184 g/mol. The maximum atomic E-state index is 4.21. The SMILES string of the molecule is C1=Cc2cccc3c2=C(C1)C1=CN=NC=31. The smallest absolute Gasteiger partial charge is 0.103 e. The van der Waals surface area contributed by atoms with E-state index in [1.54, 1.807) is 0 Å². The van der Waals surface area contributed by atoms with E-state index in [1.807, 2.05) is 6.20 Å². The summed E-state index contributed by atoms with van der Waals surface area (Å²) in [7, 11) is 0. The number of nitrogens with zero attached hydrogens (tertiary/aromatic N) is 2. The summed E-state index contributed by atoms with van der Waals surface area (Å²) in [6, 6.07) is 6.39. The molecule has 3 aliphatic rings. The molecule has 0 saturated heterocycles. The Hall–Kier alpha value is -1.96. The number of benzene rings is 1. The highest BCUT2D eigenvalue weighted by Gasteiger charge is 2.24. The average molecular weight is 192 g/mol. The fraction of sp³-hybridized carbons (Fsp3) is 0.0769. The van der Waals surface area contributed by atoms with Crippen LogP contribution in [0.3, 0.4) is 0 Å². The normalized spacial score (nSPS) is 19.3. The molecule has 1 heterocycles. The van der Waals surface area contributed by atoms with Crippen molar-refractivity contribution in [3.63, 3.8) is 0 Å². The van der Waals surface area contributed by atoms with Crippen LogP contribution >= 0.6 is 0 Å². The monoisotopic (exact) mass is 192 g/mol. The van der Waals surface area contributed by atoms with Gasteiger partial charge in [-0.3, -0.25) is 0 Å². The van der Waals surface area contributed by atoms with Crippen molar-refractivity contribution in [2.45, 2.75) is 6.42 Å². The molecule has 0 aromatic heterocycles. The molecule has 0 spiro atoms. The number of rotatable bonds is 0. The molecule has 0 unspecified atom stereocenters. The van der Waals surface area contributed by atoms with Gasteiger partial charge in [-0.05, 0) is 22.8 Å². The van der Waals surface area contributed by atoms with E-state index >= 15 is 0 Å². The van der Waals surface area contributed by atoms with Crippen LogP contribution in [-0.4, -0.2) is 0 Å². The Morgan fingerprint density at radius 2 is 2.20 bits per heavy atom.